The van der Waals surface area contributed by atoms with Gasteiger partial charge in [0.1, 0.15) is 18.0 Å². The summed E-state index contributed by atoms with van der Waals surface area (Å²) in [7, 11) is 1.65. The fourth-order valence-corrected chi connectivity index (χ4v) is 2.61. The molecular formula is C19H26O5. The summed E-state index contributed by atoms with van der Waals surface area (Å²) >= 11 is 0. The SMILES string of the molecule is COc1ccc(C2OC[C@H]3O[C@@H](OCC(C)(C)C)C=C[C@@H]3O2)cc1. The van der Waals surface area contributed by atoms with E-state index in [1.54, 1.807) is 7.11 Å². The van der Waals surface area contributed by atoms with E-state index in [1.807, 2.05) is 36.4 Å². The zero-order chi connectivity index (χ0) is 17.2. The number of ether oxygens (including phenoxy) is 5. The molecule has 0 aliphatic carbocycles. The first-order chi connectivity index (χ1) is 11.4. The summed E-state index contributed by atoms with van der Waals surface area (Å²) in [6.45, 7) is 7.51. The molecule has 24 heavy (non-hydrogen) atoms. The molecule has 5 nitrogen and oxygen atoms in total. The molecule has 1 unspecified atom stereocenters. The van der Waals surface area contributed by atoms with Gasteiger partial charge in [-0.25, -0.2) is 0 Å². The Morgan fingerprint density at radius 1 is 1.08 bits per heavy atom. The van der Waals surface area contributed by atoms with Gasteiger partial charge in [-0.2, -0.15) is 0 Å². The van der Waals surface area contributed by atoms with E-state index < -0.39 is 6.29 Å². The molecule has 2 aliphatic heterocycles. The fourth-order valence-electron chi connectivity index (χ4n) is 2.61. The first kappa shape index (κ1) is 17.4. The van der Waals surface area contributed by atoms with Crippen LogP contribution in [0.25, 0.3) is 0 Å². The zero-order valence-corrected chi connectivity index (χ0v) is 14.7. The second-order valence-electron chi connectivity index (χ2n) is 7.34. The van der Waals surface area contributed by atoms with Crippen LogP contribution < -0.4 is 4.74 Å². The van der Waals surface area contributed by atoms with Crippen LogP contribution in [0.3, 0.4) is 0 Å². The summed E-state index contributed by atoms with van der Waals surface area (Å²) < 4.78 is 28.7. The average Bonchev–Trinajstić information content (AvgIpc) is 2.59. The number of hydrogen-bond acceptors (Lipinski definition) is 5. The van der Waals surface area contributed by atoms with Crippen molar-refractivity contribution in [1.82, 2.24) is 0 Å². The van der Waals surface area contributed by atoms with Gasteiger partial charge in [0, 0.05) is 5.56 Å². The van der Waals surface area contributed by atoms with Crippen LogP contribution in [0.1, 0.15) is 32.6 Å². The summed E-state index contributed by atoms with van der Waals surface area (Å²) in [6, 6.07) is 7.70. The summed E-state index contributed by atoms with van der Waals surface area (Å²) in [5.74, 6) is 0.812. The largest absolute Gasteiger partial charge is 0.497 e. The van der Waals surface area contributed by atoms with Crippen LogP contribution in [0.5, 0.6) is 5.75 Å². The quantitative estimate of drug-likeness (QED) is 0.789. The third-order valence-corrected chi connectivity index (χ3v) is 3.89. The molecule has 3 rings (SSSR count). The molecule has 0 N–H and O–H groups in total. The maximum Gasteiger partial charge on any atom is 0.184 e. The maximum atomic E-state index is 6.01. The number of hydrogen-bond donors (Lipinski definition) is 0. The zero-order valence-electron chi connectivity index (χ0n) is 14.7. The van der Waals surface area contributed by atoms with Gasteiger partial charge < -0.3 is 23.7 Å². The van der Waals surface area contributed by atoms with Crippen molar-refractivity contribution >= 4 is 0 Å². The topological polar surface area (TPSA) is 46.2 Å². The van der Waals surface area contributed by atoms with Crippen LogP contribution in [0.15, 0.2) is 36.4 Å². The van der Waals surface area contributed by atoms with Crippen molar-refractivity contribution in [1.29, 1.82) is 0 Å². The molecule has 1 saturated heterocycles. The molecule has 0 radical (unpaired) electrons. The van der Waals surface area contributed by atoms with E-state index in [2.05, 4.69) is 20.8 Å². The highest BCUT2D eigenvalue weighted by Gasteiger charge is 2.36. The molecule has 5 heteroatoms. The Kier molecular flexibility index (Phi) is 5.25. The van der Waals surface area contributed by atoms with Gasteiger partial charge in [0.25, 0.3) is 0 Å². The number of rotatable bonds is 4. The average molecular weight is 334 g/mol. The maximum absolute atomic E-state index is 6.01. The Morgan fingerprint density at radius 2 is 1.83 bits per heavy atom. The van der Waals surface area contributed by atoms with E-state index in [1.165, 1.54) is 0 Å². The summed E-state index contributed by atoms with van der Waals surface area (Å²) in [6.07, 6.45) is 2.94. The van der Waals surface area contributed by atoms with Gasteiger partial charge in [-0.1, -0.05) is 39.0 Å². The Bertz CT molecular complexity index is 560. The summed E-state index contributed by atoms with van der Waals surface area (Å²) in [4.78, 5) is 0. The minimum absolute atomic E-state index is 0.104. The predicted molar refractivity (Wildman–Crippen MR) is 89.8 cm³/mol. The van der Waals surface area contributed by atoms with Gasteiger partial charge in [0.15, 0.2) is 12.6 Å². The summed E-state index contributed by atoms with van der Waals surface area (Å²) in [5.41, 5.74) is 1.07. The van der Waals surface area contributed by atoms with Gasteiger partial charge in [-0.05, 0) is 23.6 Å². The molecule has 2 aliphatic rings. The van der Waals surface area contributed by atoms with Crippen molar-refractivity contribution in [3.05, 3.63) is 42.0 Å². The number of methoxy groups -OCH3 is 1. The van der Waals surface area contributed by atoms with Gasteiger partial charge in [0.05, 0.1) is 20.3 Å². The highest BCUT2D eigenvalue weighted by atomic mass is 16.7. The van der Waals surface area contributed by atoms with E-state index >= 15 is 0 Å². The molecule has 2 heterocycles. The van der Waals surface area contributed by atoms with Crippen LogP contribution in [-0.4, -0.2) is 38.8 Å². The van der Waals surface area contributed by atoms with Crippen LogP contribution in [0.4, 0.5) is 0 Å². The van der Waals surface area contributed by atoms with Crippen molar-refractivity contribution in [2.75, 3.05) is 20.3 Å². The molecule has 4 atom stereocenters. The van der Waals surface area contributed by atoms with E-state index in [0.717, 1.165) is 11.3 Å². The lowest BCUT2D eigenvalue weighted by molar-refractivity contribution is -0.285. The molecule has 0 saturated carbocycles. The minimum Gasteiger partial charge on any atom is -0.497 e. The lowest BCUT2D eigenvalue weighted by atomic mass is 9.99. The molecule has 0 aromatic heterocycles. The van der Waals surface area contributed by atoms with Crippen LogP contribution >= 0.6 is 0 Å². The van der Waals surface area contributed by atoms with E-state index in [0.29, 0.717) is 13.2 Å². The van der Waals surface area contributed by atoms with Crippen molar-refractivity contribution < 1.29 is 23.7 Å². The van der Waals surface area contributed by atoms with E-state index in [9.17, 15) is 0 Å². The lowest BCUT2D eigenvalue weighted by Crippen LogP contribution is -2.46. The number of fused-ring (bicyclic) bond motifs is 1. The van der Waals surface area contributed by atoms with Gasteiger partial charge in [0.2, 0.25) is 0 Å². The summed E-state index contributed by atoms with van der Waals surface area (Å²) in [5, 5.41) is 0. The third kappa shape index (κ3) is 4.36. The first-order valence-electron chi connectivity index (χ1n) is 8.31. The fraction of sp³-hybridized carbons (Fsp3) is 0.579. The smallest absolute Gasteiger partial charge is 0.184 e. The van der Waals surface area contributed by atoms with Crippen molar-refractivity contribution in [3.63, 3.8) is 0 Å². The number of benzene rings is 1. The van der Waals surface area contributed by atoms with Gasteiger partial charge >= 0.3 is 0 Å². The standard InChI is InChI=1S/C19H26O5/c1-19(2,3)12-22-17-10-9-15-16(23-17)11-21-18(24-15)13-5-7-14(20-4)8-6-13/h5-10,15-18H,11-12H2,1-4H3/t15-,16+,17+,18?/m0/s1. The minimum atomic E-state index is -0.391. The molecule has 1 fully saturated rings. The highest BCUT2D eigenvalue weighted by Crippen LogP contribution is 2.32. The Morgan fingerprint density at radius 3 is 2.50 bits per heavy atom. The molecule has 0 bridgehead atoms. The third-order valence-electron chi connectivity index (χ3n) is 3.89. The normalized spacial score (nSPS) is 30.0. The lowest BCUT2D eigenvalue weighted by Gasteiger charge is -2.39. The highest BCUT2D eigenvalue weighted by molar-refractivity contribution is 5.28. The molecule has 132 valence electrons. The Labute approximate surface area is 143 Å². The molecule has 1 aromatic carbocycles. The van der Waals surface area contributed by atoms with Crippen LogP contribution in [-0.2, 0) is 18.9 Å². The van der Waals surface area contributed by atoms with E-state index in [4.69, 9.17) is 23.7 Å². The Hall–Kier alpha value is -1.40. The second kappa shape index (κ2) is 7.23. The molecular weight excluding hydrogens is 308 g/mol. The van der Waals surface area contributed by atoms with Gasteiger partial charge in [-0.3, -0.25) is 0 Å². The van der Waals surface area contributed by atoms with Crippen molar-refractivity contribution in [2.24, 2.45) is 5.41 Å². The molecule has 0 spiro atoms. The van der Waals surface area contributed by atoms with E-state index in [-0.39, 0.29) is 23.9 Å². The van der Waals surface area contributed by atoms with Crippen molar-refractivity contribution in [3.8, 4) is 5.75 Å². The predicted octanol–water partition coefficient (Wildman–Crippen LogP) is 3.45. The van der Waals surface area contributed by atoms with Crippen LogP contribution in [0, 0.1) is 5.41 Å². The second-order valence-corrected chi connectivity index (χ2v) is 7.34. The molecule has 1 aromatic rings. The monoisotopic (exact) mass is 334 g/mol. The molecule has 0 amide bonds. The Balaban J connectivity index is 1.58. The first-order valence-corrected chi connectivity index (χ1v) is 8.31. The van der Waals surface area contributed by atoms with Crippen molar-refractivity contribution in [2.45, 2.75) is 45.6 Å². The van der Waals surface area contributed by atoms with Gasteiger partial charge in [-0.15, -0.1) is 0 Å². The van der Waals surface area contributed by atoms with Crippen LogP contribution in [0.2, 0.25) is 0 Å².